The zero-order valence-corrected chi connectivity index (χ0v) is 19.3. The molecule has 0 saturated heterocycles. The summed E-state index contributed by atoms with van der Waals surface area (Å²) in [5.41, 5.74) is 9.00. The minimum absolute atomic E-state index is 0.115. The average molecular weight is 468 g/mol. The van der Waals surface area contributed by atoms with Gasteiger partial charge in [0.15, 0.2) is 0 Å². The molecule has 2 amide bonds. The number of aliphatic hydroxyl groups is 1. The van der Waals surface area contributed by atoms with Gasteiger partial charge >= 0.3 is 6.09 Å². The number of ether oxygens (including phenoxy) is 1. The number of amides is 2. The van der Waals surface area contributed by atoms with Crippen LogP contribution in [0.1, 0.15) is 35.3 Å². The number of hydrogen-bond acceptors (Lipinski definition) is 6. The highest BCUT2D eigenvalue weighted by atomic mass is 32.1. The molecule has 3 aromatic rings. The maximum absolute atomic E-state index is 12.1. The van der Waals surface area contributed by atoms with Crippen LogP contribution in [-0.2, 0) is 22.4 Å². The molecule has 7 nitrogen and oxygen atoms in total. The normalized spacial score (nSPS) is 14.6. The Labute approximate surface area is 197 Å². The Morgan fingerprint density at radius 1 is 1.09 bits per heavy atom. The summed E-state index contributed by atoms with van der Waals surface area (Å²) in [6.45, 7) is 1.45. The number of rotatable bonds is 11. The molecule has 4 atom stereocenters. The lowest BCUT2D eigenvalue weighted by molar-refractivity contribution is -0.120. The molecule has 0 bridgehead atoms. The third-order valence-electron chi connectivity index (χ3n) is 5.48. The van der Waals surface area contributed by atoms with E-state index in [9.17, 15) is 14.7 Å². The van der Waals surface area contributed by atoms with Crippen molar-refractivity contribution >= 4 is 23.3 Å². The van der Waals surface area contributed by atoms with Gasteiger partial charge in [0.2, 0.25) is 5.91 Å². The SMILES string of the molecule is CC(=O)N[C@@H](C[C@H](O)[C@H](Cc1ccccc1)OC(N)=O)C(Cc1cncs1)c1ccccc1. The van der Waals surface area contributed by atoms with Crippen LogP contribution in [0.5, 0.6) is 0 Å². The van der Waals surface area contributed by atoms with E-state index in [1.165, 1.54) is 6.92 Å². The number of nitrogens with zero attached hydrogens (tertiary/aromatic N) is 1. The average Bonchev–Trinajstić information content (AvgIpc) is 3.30. The van der Waals surface area contributed by atoms with Crippen LogP contribution in [0.2, 0.25) is 0 Å². The van der Waals surface area contributed by atoms with E-state index in [2.05, 4.69) is 10.3 Å². The van der Waals surface area contributed by atoms with Crippen molar-refractivity contribution in [3.63, 3.8) is 0 Å². The molecular formula is C25H29N3O4S. The smallest absolute Gasteiger partial charge is 0.404 e. The minimum atomic E-state index is -1.04. The second kappa shape index (κ2) is 12.1. The van der Waals surface area contributed by atoms with Gasteiger partial charge in [0.1, 0.15) is 6.10 Å². The highest BCUT2D eigenvalue weighted by molar-refractivity contribution is 7.09. The van der Waals surface area contributed by atoms with Gasteiger partial charge in [-0.3, -0.25) is 9.78 Å². The Kier molecular flexibility index (Phi) is 8.97. The van der Waals surface area contributed by atoms with Gasteiger partial charge in [-0.05, 0) is 24.0 Å². The van der Waals surface area contributed by atoms with Gasteiger partial charge < -0.3 is 20.9 Å². The van der Waals surface area contributed by atoms with Crippen LogP contribution in [-0.4, -0.2) is 40.3 Å². The molecule has 8 heteroatoms. The number of carbonyl (C=O) groups is 2. The Morgan fingerprint density at radius 3 is 2.33 bits per heavy atom. The van der Waals surface area contributed by atoms with Gasteiger partial charge in [0.05, 0.1) is 11.6 Å². The molecule has 4 N–H and O–H groups in total. The molecule has 0 spiro atoms. The molecule has 0 fully saturated rings. The van der Waals surface area contributed by atoms with E-state index < -0.39 is 24.3 Å². The summed E-state index contributed by atoms with van der Waals surface area (Å²) in [6.07, 6.45) is 0.118. The van der Waals surface area contributed by atoms with Crippen LogP contribution in [0.4, 0.5) is 4.79 Å². The van der Waals surface area contributed by atoms with Crippen LogP contribution in [0, 0.1) is 0 Å². The van der Waals surface area contributed by atoms with Crippen molar-refractivity contribution in [1.82, 2.24) is 10.3 Å². The fraction of sp³-hybridized carbons (Fsp3) is 0.320. The molecule has 3 rings (SSSR count). The van der Waals surface area contributed by atoms with E-state index in [1.54, 1.807) is 16.8 Å². The zero-order valence-electron chi connectivity index (χ0n) is 18.5. The Hall–Kier alpha value is -3.23. The zero-order chi connectivity index (χ0) is 23.6. The van der Waals surface area contributed by atoms with Crippen molar-refractivity contribution in [3.05, 3.63) is 88.4 Å². The molecule has 0 aliphatic carbocycles. The Bertz CT molecular complexity index is 999. The van der Waals surface area contributed by atoms with Crippen molar-refractivity contribution < 1.29 is 19.4 Å². The first-order chi connectivity index (χ1) is 15.9. The van der Waals surface area contributed by atoms with Gasteiger partial charge in [-0.1, -0.05) is 60.7 Å². The maximum Gasteiger partial charge on any atom is 0.404 e. The third-order valence-corrected chi connectivity index (χ3v) is 6.28. The summed E-state index contributed by atoms with van der Waals surface area (Å²) in [4.78, 5) is 28.9. The van der Waals surface area contributed by atoms with E-state index >= 15 is 0 Å². The molecule has 1 heterocycles. The van der Waals surface area contributed by atoms with Crippen LogP contribution in [0.15, 0.2) is 72.4 Å². The maximum atomic E-state index is 12.1. The van der Waals surface area contributed by atoms with Crippen LogP contribution in [0.25, 0.3) is 0 Å². The van der Waals surface area contributed by atoms with E-state index in [-0.39, 0.29) is 18.2 Å². The molecule has 0 aliphatic rings. The lowest BCUT2D eigenvalue weighted by atomic mass is 9.84. The monoisotopic (exact) mass is 467 g/mol. The molecule has 0 radical (unpaired) electrons. The fourth-order valence-electron chi connectivity index (χ4n) is 4.00. The van der Waals surface area contributed by atoms with E-state index in [0.29, 0.717) is 12.8 Å². The highest BCUT2D eigenvalue weighted by Gasteiger charge is 2.32. The first-order valence-corrected chi connectivity index (χ1v) is 11.7. The molecular weight excluding hydrogens is 438 g/mol. The molecule has 0 aliphatic heterocycles. The predicted octanol–water partition coefficient (Wildman–Crippen LogP) is 3.43. The summed E-state index contributed by atoms with van der Waals surface area (Å²) < 4.78 is 5.28. The number of thiazole rings is 1. The number of aromatic nitrogens is 1. The van der Waals surface area contributed by atoms with Gasteiger partial charge in [-0.15, -0.1) is 11.3 Å². The Balaban J connectivity index is 1.86. The second-order valence-electron chi connectivity index (χ2n) is 7.96. The molecule has 33 heavy (non-hydrogen) atoms. The summed E-state index contributed by atoms with van der Waals surface area (Å²) in [7, 11) is 0. The molecule has 1 unspecified atom stereocenters. The largest absolute Gasteiger partial charge is 0.443 e. The molecule has 174 valence electrons. The van der Waals surface area contributed by atoms with Gasteiger partial charge in [0, 0.05) is 36.4 Å². The number of benzene rings is 2. The quantitative estimate of drug-likeness (QED) is 0.400. The molecule has 0 saturated carbocycles. The highest BCUT2D eigenvalue weighted by Crippen LogP contribution is 2.29. The fourth-order valence-corrected chi connectivity index (χ4v) is 4.66. The van der Waals surface area contributed by atoms with Crippen molar-refractivity contribution in [2.45, 2.75) is 50.4 Å². The summed E-state index contributed by atoms with van der Waals surface area (Å²) in [5, 5.41) is 14.1. The number of nitrogens with two attached hydrogens (primary N) is 1. The van der Waals surface area contributed by atoms with Crippen LogP contribution in [0.3, 0.4) is 0 Å². The van der Waals surface area contributed by atoms with E-state index in [0.717, 1.165) is 16.0 Å². The minimum Gasteiger partial charge on any atom is -0.443 e. The van der Waals surface area contributed by atoms with Crippen molar-refractivity contribution in [2.24, 2.45) is 5.73 Å². The van der Waals surface area contributed by atoms with Gasteiger partial charge in [-0.2, -0.15) is 0 Å². The molecule has 2 aromatic carbocycles. The van der Waals surface area contributed by atoms with E-state index in [4.69, 9.17) is 10.5 Å². The summed E-state index contributed by atoms with van der Waals surface area (Å²) in [5.74, 6) is -0.316. The number of primary amides is 1. The lowest BCUT2D eigenvalue weighted by Gasteiger charge is -2.32. The third kappa shape index (κ3) is 7.69. The number of nitrogens with one attached hydrogen (secondary N) is 1. The molecule has 1 aromatic heterocycles. The van der Waals surface area contributed by atoms with Crippen molar-refractivity contribution in [1.29, 1.82) is 0 Å². The predicted molar refractivity (Wildman–Crippen MR) is 128 cm³/mol. The van der Waals surface area contributed by atoms with Crippen LogP contribution < -0.4 is 11.1 Å². The summed E-state index contributed by atoms with van der Waals surface area (Å²) >= 11 is 1.55. The van der Waals surface area contributed by atoms with Crippen LogP contribution >= 0.6 is 11.3 Å². The van der Waals surface area contributed by atoms with Crippen molar-refractivity contribution in [3.8, 4) is 0 Å². The number of aliphatic hydroxyl groups excluding tert-OH is 1. The lowest BCUT2D eigenvalue weighted by Crippen LogP contribution is -2.45. The number of hydrogen-bond donors (Lipinski definition) is 3. The first kappa shape index (κ1) is 24.4. The Morgan fingerprint density at radius 2 is 1.76 bits per heavy atom. The topological polar surface area (TPSA) is 115 Å². The standard InChI is InChI=1S/C25H29N3O4S/c1-17(29)28-22(21(13-20-15-27-16-33-20)19-10-6-3-7-11-19)14-23(30)24(32-25(26)31)12-18-8-4-2-5-9-18/h2-11,15-16,21-24,30H,12-14H2,1H3,(H2,26,31)(H,28,29)/t21?,22-,23-,24-/m0/s1. The van der Waals surface area contributed by atoms with Crippen molar-refractivity contribution in [2.75, 3.05) is 0 Å². The van der Waals surface area contributed by atoms with Gasteiger partial charge in [-0.25, -0.2) is 4.79 Å². The first-order valence-electron chi connectivity index (χ1n) is 10.8. The van der Waals surface area contributed by atoms with Gasteiger partial charge in [0.25, 0.3) is 0 Å². The van der Waals surface area contributed by atoms with E-state index in [1.807, 2.05) is 66.9 Å². The second-order valence-corrected chi connectivity index (χ2v) is 8.94. The number of carbonyl (C=O) groups excluding carboxylic acids is 2. The summed E-state index contributed by atoms with van der Waals surface area (Å²) in [6, 6.07) is 18.9.